The van der Waals surface area contributed by atoms with Crippen LogP contribution in [0, 0.1) is 0 Å². The molecule has 0 aromatic carbocycles. The molecule has 0 aliphatic carbocycles. The number of rotatable bonds is 4. The van der Waals surface area contributed by atoms with Crippen LogP contribution in [0.1, 0.15) is 6.42 Å². The first-order chi connectivity index (χ1) is 6.02. The van der Waals surface area contributed by atoms with Crippen molar-refractivity contribution in [3.8, 4) is 0 Å². The highest BCUT2D eigenvalue weighted by molar-refractivity contribution is 5.77. The number of carbonyl (C=O) groups excluding carboxylic acids is 2. The fraction of sp³-hybridized carbons (Fsp3) is 0.714. The summed E-state index contributed by atoms with van der Waals surface area (Å²) >= 11 is 0. The van der Waals surface area contributed by atoms with Gasteiger partial charge in [0.05, 0.1) is 20.6 Å². The van der Waals surface area contributed by atoms with Crippen molar-refractivity contribution in [2.24, 2.45) is 0 Å². The van der Waals surface area contributed by atoms with Crippen LogP contribution in [0.2, 0.25) is 0 Å². The Balaban J connectivity index is 4.02. The maximum absolute atomic E-state index is 10.6. The van der Waals surface area contributed by atoms with Crippen LogP contribution in [0.3, 0.4) is 0 Å². The van der Waals surface area contributed by atoms with E-state index in [1.807, 2.05) is 0 Å². The number of methoxy groups -OCH3 is 2. The molecular formula is C7H12O6. The number of aliphatic hydroxyl groups is 2. The van der Waals surface area contributed by atoms with Crippen molar-refractivity contribution < 1.29 is 29.3 Å². The molecule has 76 valence electrons. The van der Waals surface area contributed by atoms with Gasteiger partial charge < -0.3 is 19.7 Å². The molecule has 2 N–H and O–H groups in total. The van der Waals surface area contributed by atoms with E-state index in [2.05, 4.69) is 9.47 Å². The van der Waals surface area contributed by atoms with Gasteiger partial charge in [0.2, 0.25) is 0 Å². The zero-order chi connectivity index (χ0) is 10.4. The summed E-state index contributed by atoms with van der Waals surface area (Å²) in [5.74, 6) is -1.70. The molecule has 0 radical (unpaired) electrons. The van der Waals surface area contributed by atoms with Gasteiger partial charge in [0.25, 0.3) is 0 Å². The molecule has 0 aliphatic rings. The van der Waals surface area contributed by atoms with E-state index in [0.29, 0.717) is 0 Å². The van der Waals surface area contributed by atoms with E-state index >= 15 is 0 Å². The highest BCUT2D eigenvalue weighted by atomic mass is 16.5. The van der Waals surface area contributed by atoms with Crippen LogP contribution < -0.4 is 0 Å². The van der Waals surface area contributed by atoms with Crippen molar-refractivity contribution in [2.45, 2.75) is 18.6 Å². The van der Waals surface area contributed by atoms with Gasteiger partial charge in [-0.3, -0.25) is 4.79 Å². The highest BCUT2D eigenvalue weighted by Gasteiger charge is 2.27. The molecule has 6 nitrogen and oxygen atoms in total. The Kier molecular flexibility index (Phi) is 5.01. The summed E-state index contributed by atoms with van der Waals surface area (Å²) in [6, 6.07) is 0. The number of aliphatic hydroxyl groups excluding tert-OH is 2. The third kappa shape index (κ3) is 3.86. The second kappa shape index (κ2) is 5.50. The second-order valence-corrected chi connectivity index (χ2v) is 2.32. The summed E-state index contributed by atoms with van der Waals surface area (Å²) in [5.41, 5.74) is 0. The van der Waals surface area contributed by atoms with Crippen molar-refractivity contribution in [2.75, 3.05) is 14.2 Å². The fourth-order valence-corrected chi connectivity index (χ4v) is 0.644. The molecule has 2 atom stereocenters. The molecule has 0 saturated carbocycles. The molecule has 0 bridgehead atoms. The Hall–Kier alpha value is -1.14. The van der Waals surface area contributed by atoms with Crippen LogP contribution in [0.25, 0.3) is 0 Å². The van der Waals surface area contributed by atoms with Crippen molar-refractivity contribution in [3.05, 3.63) is 0 Å². The molecule has 6 heteroatoms. The number of esters is 2. The molecule has 0 aromatic rings. The average Bonchev–Trinajstić information content (AvgIpc) is 2.14. The van der Waals surface area contributed by atoms with Crippen molar-refractivity contribution >= 4 is 11.9 Å². The molecule has 0 aromatic heterocycles. The lowest BCUT2D eigenvalue weighted by atomic mass is 10.1. The van der Waals surface area contributed by atoms with E-state index in [1.165, 1.54) is 0 Å². The van der Waals surface area contributed by atoms with Crippen molar-refractivity contribution in [3.63, 3.8) is 0 Å². The van der Waals surface area contributed by atoms with Gasteiger partial charge in [-0.15, -0.1) is 0 Å². The molecule has 0 spiro atoms. The van der Waals surface area contributed by atoms with E-state index in [-0.39, 0.29) is 0 Å². The summed E-state index contributed by atoms with van der Waals surface area (Å²) in [7, 11) is 2.20. The monoisotopic (exact) mass is 192 g/mol. The Labute approximate surface area is 75.1 Å². The normalized spacial score (nSPS) is 14.5. The van der Waals surface area contributed by atoms with E-state index in [0.717, 1.165) is 14.2 Å². The summed E-state index contributed by atoms with van der Waals surface area (Å²) in [6.07, 6.45) is -3.67. The molecule has 0 aliphatic heterocycles. The largest absolute Gasteiger partial charge is 0.469 e. The third-order valence-corrected chi connectivity index (χ3v) is 1.41. The van der Waals surface area contributed by atoms with Gasteiger partial charge in [-0.1, -0.05) is 0 Å². The molecule has 0 heterocycles. The first kappa shape index (κ1) is 11.9. The smallest absolute Gasteiger partial charge is 0.337 e. The Morgan fingerprint density at radius 1 is 1.23 bits per heavy atom. The predicted octanol–water partition coefficient (Wildman–Crippen LogP) is -1.56. The van der Waals surface area contributed by atoms with Crippen molar-refractivity contribution in [1.29, 1.82) is 0 Å². The first-order valence-corrected chi connectivity index (χ1v) is 3.53. The quantitative estimate of drug-likeness (QED) is 0.523. The number of carbonyl (C=O) groups is 2. The molecule has 0 fully saturated rings. The second-order valence-electron chi connectivity index (χ2n) is 2.32. The minimum atomic E-state index is -1.72. The van der Waals surface area contributed by atoms with Crippen LogP contribution in [-0.4, -0.2) is 48.6 Å². The zero-order valence-corrected chi connectivity index (χ0v) is 7.39. The van der Waals surface area contributed by atoms with E-state index in [9.17, 15) is 9.59 Å². The summed E-state index contributed by atoms with van der Waals surface area (Å²) < 4.78 is 8.37. The average molecular weight is 192 g/mol. The standard InChI is InChI=1S/C7H12O6/c1-12-5(9)3-4(8)6(10)7(11)13-2/h4,6,8,10H,3H2,1-2H3/t4-,6+/m1/s1. The lowest BCUT2D eigenvalue weighted by Crippen LogP contribution is -2.36. The summed E-state index contributed by atoms with van der Waals surface area (Å²) in [6.45, 7) is 0. The molecule has 0 rings (SSSR count). The van der Waals surface area contributed by atoms with Crippen LogP contribution in [-0.2, 0) is 19.1 Å². The number of ether oxygens (including phenoxy) is 2. The molecule has 13 heavy (non-hydrogen) atoms. The Bertz CT molecular complexity index is 189. The van der Waals surface area contributed by atoms with Crippen LogP contribution in [0.15, 0.2) is 0 Å². The minimum absolute atomic E-state index is 0.452. The van der Waals surface area contributed by atoms with Crippen molar-refractivity contribution in [1.82, 2.24) is 0 Å². The van der Waals surface area contributed by atoms with E-state index in [1.54, 1.807) is 0 Å². The molecular weight excluding hydrogens is 180 g/mol. The molecule has 0 saturated heterocycles. The van der Waals surface area contributed by atoms with Crippen LogP contribution in [0.5, 0.6) is 0 Å². The van der Waals surface area contributed by atoms with Gasteiger partial charge in [-0.25, -0.2) is 4.79 Å². The molecule has 0 amide bonds. The first-order valence-electron chi connectivity index (χ1n) is 3.53. The van der Waals surface area contributed by atoms with Crippen LogP contribution in [0.4, 0.5) is 0 Å². The maximum atomic E-state index is 10.6. The lowest BCUT2D eigenvalue weighted by molar-refractivity contribution is -0.159. The minimum Gasteiger partial charge on any atom is -0.469 e. The van der Waals surface area contributed by atoms with Gasteiger partial charge in [0.15, 0.2) is 6.10 Å². The maximum Gasteiger partial charge on any atom is 0.337 e. The topological polar surface area (TPSA) is 93.1 Å². The van der Waals surface area contributed by atoms with E-state index < -0.39 is 30.6 Å². The summed E-state index contributed by atoms with van der Waals surface area (Å²) in [4.78, 5) is 21.2. The summed E-state index contributed by atoms with van der Waals surface area (Å²) in [5, 5.41) is 18.1. The van der Waals surface area contributed by atoms with Gasteiger partial charge in [-0.2, -0.15) is 0 Å². The van der Waals surface area contributed by atoms with Gasteiger partial charge in [0, 0.05) is 0 Å². The Morgan fingerprint density at radius 3 is 2.15 bits per heavy atom. The van der Waals surface area contributed by atoms with Crippen LogP contribution >= 0.6 is 0 Å². The van der Waals surface area contributed by atoms with E-state index in [4.69, 9.17) is 10.2 Å². The Morgan fingerprint density at radius 2 is 1.77 bits per heavy atom. The number of hydrogen-bond acceptors (Lipinski definition) is 6. The zero-order valence-electron chi connectivity index (χ0n) is 7.39. The lowest BCUT2D eigenvalue weighted by Gasteiger charge is -2.13. The fourth-order valence-electron chi connectivity index (χ4n) is 0.644. The number of hydrogen-bond donors (Lipinski definition) is 2. The van der Waals surface area contributed by atoms with Gasteiger partial charge in [0.1, 0.15) is 6.10 Å². The van der Waals surface area contributed by atoms with Gasteiger partial charge in [-0.05, 0) is 0 Å². The molecule has 0 unspecified atom stereocenters. The SMILES string of the molecule is COC(=O)C[C@@H](O)[C@H](O)C(=O)OC. The third-order valence-electron chi connectivity index (χ3n) is 1.41. The van der Waals surface area contributed by atoms with Gasteiger partial charge >= 0.3 is 11.9 Å². The highest BCUT2D eigenvalue weighted by Crippen LogP contribution is 2.01. The predicted molar refractivity (Wildman–Crippen MR) is 40.7 cm³/mol.